The van der Waals surface area contributed by atoms with Crippen molar-refractivity contribution < 1.29 is 9.90 Å². The molecule has 0 aliphatic heterocycles. The Labute approximate surface area is 123 Å². The fourth-order valence-electron chi connectivity index (χ4n) is 2.25. The van der Waals surface area contributed by atoms with Crippen LogP contribution >= 0.6 is 0 Å². The highest BCUT2D eigenvalue weighted by Gasteiger charge is 2.24. The molecule has 6 nitrogen and oxygen atoms in total. The van der Waals surface area contributed by atoms with Crippen LogP contribution in [0.4, 0.5) is 5.95 Å². The van der Waals surface area contributed by atoms with Gasteiger partial charge in [-0.3, -0.25) is 4.79 Å². The van der Waals surface area contributed by atoms with Gasteiger partial charge >= 0.3 is 0 Å². The molecule has 21 heavy (non-hydrogen) atoms. The summed E-state index contributed by atoms with van der Waals surface area (Å²) in [6.45, 7) is 2.34. The number of amides is 1. The Balaban J connectivity index is 1.84. The topological polar surface area (TPSA) is 79.2 Å². The van der Waals surface area contributed by atoms with Crippen molar-refractivity contribution in [3.63, 3.8) is 0 Å². The maximum Gasteiger partial charge on any atom is 0.240 e. The zero-order chi connectivity index (χ0) is 14.8. The molecule has 0 saturated heterocycles. The van der Waals surface area contributed by atoms with Crippen molar-refractivity contribution in [3.8, 4) is 0 Å². The molecule has 3 rings (SSSR count). The third kappa shape index (κ3) is 3.33. The Hall–Kier alpha value is -2.08. The van der Waals surface area contributed by atoms with E-state index in [-0.39, 0.29) is 12.5 Å². The zero-order valence-electron chi connectivity index (χ0n) is 12.0. The first kappa shape index (κ1) is 13.9. The van der Waals surface area contributed by atoms with Gasteiger partial charge in [0.15, 0.2) is 0 Å². The van der Waals surface area contributed by atoms with E-state index in [9.17, 15) is 9.90 Å². The lowest BCUT2D eigenvalue weighted by molar-refractivity contribution is -0.121. The lowest BCUT2D eigenvalue weighted by atomic mass is 10.3. The summed E-state index contributed by atoms with van der Waals surface area (Å²) in [5.41, 5.74) is 1.75. The number of para-hydroxylation sites is 2. The molecule has 1 unspecified atom stereocenters. The van der Waals surface area contributed by atoms with E-state index < -0.39 is 6.10 Å². The number of hydrogen-bond donors (Lipinski definition) is 3. The van der Waals surface area contributed by atoms with E-state index in [1.807, 2.05) is 28.8 Å². The predicted molar refractivity (Wildman–Crippen MR) is 81.1 cm³/mol. The van der Waals surface area contributed by atoms with E-state index in [4.69, 9.17) is 0 Å². The van der Waals surface area contributed by atoms with Gasteiger partial charge in [-0.25, -0.2) is 4.98 Å². The molecule has 1 aliphatic rings. The van der Waals surface area contributed by atoms with Crippen LogP contribution in [0.25, 0.3) is 11.0 Å². The minimum absolute atomic E-state index is 0.000694. The van der Waals surface area contributed by atoms with Gasteiger partial charge in [-0.15, -0.1) is 0 Å². The van der Waals surface area contributed by atoms with Crippen LogP contribution in [0.5, 0.6) is 0 Å². The lowest BCUT2D eigenvalue weighted by Crippen LogP contribution is -2.30. The van der Waals surface area contributed by atoms with Crippen molar-refractivity contribution in [2.45, 2.75) is 38.5 Å². The van der Waals surface area contributed by atoms with Crippen LogP contribution in [0.1, 0.15) is 19.8 Å². The van der Waals surface area contributed by atoms with Gasteiger partial charge in [0.25, 0.3) is 0 Å². The maximum atomic E-state index is 12.1. The number of nitrogens with zero attached hydrogens (tertiary/aromatic N) is 2. The van der Waals surface area contributed by atoms with Gasteiger partial charge in [0.05, 0.1) is 17.1 Å². The SMILES string of the molecule is CC(O)CNc1nc2ccccc2n1CC(=O)NC1CC1. The van der Waals surface area contributed by atoms with Gasteiger partial charge in [0.1, 0.15) is 6.54 Å². The van der Waals surface area contributed by atoms with Crippen LogP contribution in [-0.4, -0.2) is 39.3 Å². The Morgan fingerprint density at radius 1 is 1.48 bits per heavy atom. The van der Waals surface area contributed by atoms with Gasteiger partial charge in [0.2, 0.25) is 11.9 Å². The van der Waals surface area contributed by atoms with Gasteiger partial charge in [-0.2, -0.15) is 0 Å². The second kappa shape index (κ2) is 5.73. The minimum atomic E-state index is -0.474. The Morgan fingerprint density at radius 3 is 2.95 bits per heavy atom. The molecule has 3 N–H and O–H groups in total. The van der Waals surface area contributed by atoms with Crippen LogP contribution in [0, 0.1) is 0 Å². The molecule has 0 spiro atoms. The van der Waals surface area contributed by atoms with Gasteiger partial charge in [0, 0.05) is 12.6 Å². The molecule has 1 aliphatic carbocycles. The number of aromatic nitrogens is 2. The highest BCUT2D eigenvalue weighted by Crippen LogP contribution is 2.21. The van der Waals surface area contributed by atoms with Crippen molar-refractivity contribution in [2.75, 3.05) is 11.9 Å². The predicted octanol–water partition coefficient (Wildman–Crippen LogP) is 1.11. The number of rotatable bonds is 6. The van der Waals surface area contributed by atoms with Crippen molar-refractivity contribution in [3.05, 3.63) is 24.3 Å². The van der Waals surface area contributed by atoms with E-state index in [2.05, 4.69) is 15.6 Å². The summed E-state index contributed by atoms with van der Waals surface area (Å²) in [6.07, 6.45) is 1.67. The molecule has 1 aromatic carbocycles. The van der Waals surface area contributed by atoms with Gasteiger partial charge < -0.3 is 20.3 Å². The fraction of sp³-hybridized carbons (Fsp3) is 0.467. The first-order chi connectivity index (χ1) is 10.1. The molecule has 1 fully saturated rings. The monoisotopic (exact) mass is 288 g/mol. The quantitative estimate of drug-likeness (QED) is 0.744. The number of aliphatic hydroxyl groups is 1. The van der Waals surface area contributed by atoms with E-state index >= 15 is 0 Å². The largest absolute Gasteiger partial charge is 0.392 e. The highest BCUT2D eigenvalue weighted by molar-refractivity contribution is 5.83. The maximum absolute atomic E-state index is 12.1. The summed E-state index contributed by atoms with van der Waals surface area (Å²) >= 11 is 0. The summed E-state index contributed by atoms with van der Waals surface area (Å²) in [7, 11) is 0. The molecule has 1 heterocycles. The molecule has 1 saturated carbocycles. The van der Waals surface area contributed by atoms with Crippen LogP contribution in [-0.2, 0) is 11.3 Å². The molecule has 0 radical (unpaired) electrons. The molecule has 2 aromatic rings. The van der Waals surface area contributed by atoms with E-state index in [0.29, 0.717) is 18.5 Å². The molecule has 6 heteroatoms. The summed E-state index contributed by atoms with van der Waals surface area (Å²) in [6, 6.07) is 8.06. The number of fused-ring (bicyclic) bond motifs is 1. The number of aliphatic hydroxyl groups excluding tert-OH is 1. The Bertz CT molecular complexity index is 646. The smallest absolute Gasteiger partial charge is 0.240 e. The van der Waals surface area contributed by atoms with Gasteiger partial charge in [-0.05, 0) is 31.9 Å². The minimum Gasteiger partial charge on any atom is -0.392 e. The second-order valence-corrected chi connectivity index (χ2v) is 5.58. The van der Waals surface area contributed by atoms with Gasteiger partial charge in [-0.1, -0.05) is 12.1 Å². The summed E-state index contributed by atoms with van der Waals surface area (Å²) in [4.78, 5) is 16.6. The number of benzene rings is 1. The first-order valence-corrected chi connectivity index (χ1v) is 7.30. The standard InChI is InChI=1S/C15H20N4O2/c1-10(20)8-16-15-18-12-4-2-3-5-13(12)19(15)9-14(21)17-11-6-7-11/h2-5,10-11,20H,6-9H2,1H3,(H,16,18)(H,17,21). The van der Waals surface area contributed by atoms with E-state index in [1.165, 1.54) is 0 Å². The van der Waals surface area contributed by atoms with Crippen molar-refractivity contribution >= 4 is 22.9 Å². The van der Waals surface area contributed by atoms with Crippen molar-refractivity contribution in [1.82, 2.24) is 14.9 Å². The molecule has 0 bridgehead atoms. The molecular formula is C15H20N4O2. The summed E-state index contributed by atoms with van der Waals surface area (Å²) < 4.78 is 1.86. The third-order valence-electron chi connectivity index (χ3n) is 3.45. The van der Waals surface area contributed by atoms with Crippen LogP contribution in [0.3, 0.4) is 0 Å². The van der Waals surface area contributed by atoms with Crippen molar-refractivity contribution in [1.29, 1.82) is 0 Å². The number of carbonyl (C=O) groups excluding carboxylic acids is 1. The normalized spacial score (nSPS) is 15.9. The number of hydrogen-bond acceptors (Lipinski definition) is 4. The average Bonchev–Trinajstić information content (AvgIpc) is 3.19. The second-order valence-electron chi connectivity index (χ2n) is 5.58. The Kier molecular flexibility index (Phi) is 3.79. The van der Waals surface area contributed by atoms with Crippen LogP contribution in [0.2, 0.25) is 0 Å². The molecule has 1 aromatic heterocycles. The number of carbonyl (C=O) groups is 1. The molecular weight excluding hydrogens is 268 g/mol. The number of nitrogens with one attached hydrogen (secondary N) is 2. The average molecular weight is 288 g/mol. The lowest BCUT2D eigenvalue weighted by Gasteiger charge is -2.12. The van der Waals surface area contributed by atoms with Crippen LogP contribution < -0.4 is 10.6 Å². The molecule has 1 atom stereocenters. The fourth-order valence-corrected chi connectivity index (χ4v) is 2.25. The number of anilines is 1. The highest BCUT2D eigenvalue weighted by atomic mass is 16.3. The summed E-state index contributed by atoms with van der Waals surface area (Å²) in [5.74, 6) is 0.615. The first-order valence-electron chi connectivity index (χ1n) is 7.30. The molecule has 1 amide bonds. The number of imidazole rings is 1. The summed E-state index contributed by atoms with van der Waals surface area (Å²) in [5, 5.41) is 15.5. The van der Waals surface area contributed by atoms with E-state index in [0.717, 1.165) is 23.9 Å². The Morgan fingerprint density at radius 2 is 2.24 bits per heavy atom. The zero-order valence-corrected chi connectivity index (χ0v) is 12.0. The van der Waals surface area contributed by atoms with Crippen LogP contribution in [0.15, 0.2) is 24.3 Å². The third-order valence-corrected chi connectivity index (χ3v) is 3.45. The molecule has 112 valence electrons. The van der Waals surface area contributed by atoms with Crippen molar-refractivity contribution in [2.24, 2.45) is 0 Å². The van der Waals surface area contributed by atoms with E-state index in [1.54, 1.807) is 6.92 Å².